The number of H-pyrrole nitrogens is 1. The first-order chi connectivity index (χ1) is 11.4. The zero-order valence-electron chi connectivity index (χ0n) is 13.1. The summed E-state index contributed by atoms with van der Waals surface area (Å²) in [6.45, 7) is 0. The molecule has 0 saturated heterocycles. The molecule has 1 aliphatic carbocycles. The van der Waals surface area contributed by atoms with Crippen molar-refractivity contribution in [2.45, 2.75) is 24.6 Å². The normalized spacial score (nSPS) is 14.5. The molecular formula is C15H18N4O4S. The summed E-state index contributed by atoms with van der Waals surface area (Å²) < 4.78 is 26.6. The fraction of sp³-hybridized carbons (Fsp3) is 0.333. The van der Waals surface area contributed by atoms with Gasteiger partial charge in [-0.25, -0.2) is 17.8 Å². The number of sulfonamides is 1. The highest BCUT2D eigenvalue weighted by molar-refractivity contribution is 7.88. The number of amides is 1. The van der Waals surface area contributed by atoms with Crippen molar-refractivity contribution in [3.63, 3.8) is 0 Å². The molecule has 1 aliphatic rings. The van der Waals surface area contributed by atoms with E-state index in [9.17, 15) is 18.0 Å². The van der Waals surface area contributed by atoms with E-state index in [1.807, 2.05) is 0 Å². The van der Waals surface area contributed by atoms with Crippen molar-refractivity contribution in [2.75, 3.05) is 7.05 Å². The zero-order chi connectivity index (χ0) is 17.3. The summed E-state index contributed by atoms with van der Waals surface area (Å²) in [6.07, 6.45) is 1.93. The van der Waals surface area contributed by atoms with Crippen LogP contribution in [0.1, 0.15) is 28.9 Å². The van der Waals surface area contributed by atoms with Crippen molar-refractivity contribution in [3.8, 4) is 5.69 Å². The zero-order valence-corrected chi connectivity index (χ0v) is 13.9. The monoisotopic (exact) mass is 350 g/mol. The number of hydrogen-bond donors (Lipinski definition) is 3. The van der Waals surface area contributed by atoms with Gasteiger partial charge in [-0.1, -0.05) is 12.1 Å². The molecule has 8 nitrogen and oxygen atoms in total. The number of rotatable bonds is 6. The van der Waals surface area contributed by atoms with Gasteiger partial charge in [-0.3, -0.25) is 14.7 Å². The van der Waals surface area contributed by atoms with Gasteiger partial charge in [-0.15, -0.1) is 0 Å². The molecular weight excluding hydrogens is 332 g/mol. The molecule has 0 radical (unpaired) electrons. The van der Waals surface area contributed by atoms with Crippen LogP contribution >= 0.6 is 0 Å². The second-order valence-corrected chi connectivity index (χ2v) is 7.65. The Morgan fingerprint density at radius 3 is 2.54 bits per heavy atom. The van der Waals surface area contributed by atoms with Gasteiger partial charge in [0.05, 0.1) is 11.4 Å². The van der Waals surface area contributed by atoms with Crippen LogP contribution in [0.3, 0.4) is 0 Å². The lowest BCUT2D eigenvalue weighted by Gasteiger charge is -2.06. The van der Waals surface area contributed by atoms with E-state index >= 15 is 0 Å². The molecule has 0 atom stereocenters. The van der Waals surface area contributed by atoms with Crippen LogP contribution in [0.15, 0.2) is 35.1 Å². The fourth-order valence-electron chi connectivity index (χ4n) is 2.23. The summed E-state index contributed by atoms with van der Waals surface area (Å²) in [7, 11) is -1.99. The Bertz CT molecular complexity index is 908. The van der Waals surface area contributed by atoms with E-state index in [0.29, 0.717) is 11.3 Å². The van der Waals surface area contributed by atoms with Crippen molar-refractivity contribution in [1.82, 2.24) is 19.8 Å². The maximum atomic E-state index is 12.1. The molecule has 2 aromatic rings. The Morgan fingerprint density at radius 1 is 1.29 bits per heavy atom. The van der Waals surface area contributed by atoms with Gasteiger partial charge >= 0.3 is 0 Å². The first kappa shape index (κ1) is 16.5. The summed E-state index contributed by atoms with van der Waals surface area (Å²) in [5.74, 6) is -0.441. The van der Waals surface area contributed by atoms with Gasteiger partial charge in [-0.05, 0) is 37.6 Å². The average Bonchev–Trinajstić information content (AvgIpc) is 3.27. The standard InChI is InChI=1S/C15H18N4O4S/c1-16-24(22,23)9-10-2-6-12(7-3-10)19-14(20)8-13(18-19)15(21)17-11-4-5-11/h2-3,6-8,11,16,18H,4-5,9H2,1H3,(H,17,21). The molecule has 1 amide bonds. The van der Waals surface area contributed by atoms with Gasteiger partial charge in [0, 0.05) is 12.1 Å². The van der Waals surface area contributed by atoms with E-state index in [4.69, 9.17) is 0 Å². The van der Waals surface area contributed by atoms with Crippen LogP contribution in [0.5, 0.6) is 0 Å². The van der Waals surface area contributed by atoms with Crippen LogP contribution < -0.4 is 15.6 Å². The number of carbonyl (C=O) groups is 1. The highest BCUT2D eigenvalue weighted by Gasteiger charge is 2.24. The van der Waals surface area contributed by atoms with Gasteiger partial charge in [0.25, 0.3) is 11.5 Å². The highest BCUT2D eigenvalue weighted by atomic mass is 32.2. The Hall–Kier alpha value is -2.39. The highest BCUT2D eigenvalue weighted by Crippen LogP contribution is 2.19. The quantitative estimate of drug-likeness (QED) is 0.686. The number of aromatic nitrogens is 2. The van der Waals surface area contributed by atoms with Crippen LogP contribution in [0.4, 0.5) is 0 Å². The third kappa shape index (κ3) is 3.74. The summed E-state index contributed by atoms with van der Waals surface area (Å²) in [5, 5.41) is 5.58. The molecule has 1 aromatic carbocycles. The Balaban J connectivity index is 1.80. The minimum Gasteiger partial charge on any atom is -0.348 e. The lowest BCUT2D eigenvalue weighted by Crippen LogP contribution is -2.25. The molecule has 0 unspecified atom stereocenters. The van der Waals surface area contributed by atoms with E-state index in [1.165, 1.54) is 17.8 Å². The Kier molecular flexibility index (Phi) is 4.29. The lowest BCUT2D eigenvalue weighted by atomic mass is 10.2. The molecule has 3 N–H and O–H groups in total. The second kappa shape index (κ2) is 6.25. The maximum absolute atomic E-state index is 12.1. The molecule has 0 aliphatic heterocycles. The van der Waals surface area contributed by atoms with Crippen LogP contribution in [0.2, 0.25) is 0 Å². The van der Waals surface area contributed by atoms with E-state index in [2.05, 4.69) is 15.1 Å². The topological polar surface area (TPSA) is 113 Å². The molecule has 1 saturated carbocycles. The Labute approximate surface area is 138 Å². The minimum atomic E-state index is -3.35. The second-order valence-electron chi connectivity index (χ2n) is 5.72. The van der Waals surface area contributed by atoms with Crippen LogP contribution in [-0.2, 0) is 15.8 Å². The van der Waals surface area contributed by atoms with Crippen LogP contribution in [0.25, 0.3) is 5.69 Å². The van der Waals surface area contributed by atoms with E-state index in [1.54, 1.807) is 24.3 Å². The number of nitrogens with one attached hydrogen (secondary N) is 3. The number of carbonyl (C=O) groups excluding carboxylic acids is 1. The predicted octanol–water partition coefficient (Wildman–Crippen LogP) is 0.107. The van der Waals surface area contributed by atoms with E-state index < -0.39 is 10.0 Å². The molecule has 1 aromatic heterocycles. The molecule has 128 valence electrons. The minimum absolute atomic E-state index is 0.140. The number of hydrogen-bond acceptors (Lipinski definition) is 4. The molecule has 9 heteroatoms. The van der Waals surface area contributed by atoms with Crippen molar-refractivity contribution in [2.24, 2.45) is 0 Å². The first-order valence-corrected chi connectivity index (χ1v) is 9.16. The number of nitrogens with zero attached hydrogens (tertiary/aromatic N) is 1. The molecule has 1 fully saturated rings. The van der Waals surface area contributed by atoms with Crippen molar-refractivity contribution >= 4 is 15.9 Å². The van der Waals surface area contributed by atoms with E-state index in [0.717, 1.165) is 12.8 Å². The largest absolute Gasteiger partial charge is 0.348 e. The summed E-state index contributed by atoms with van der Waals surface area (Å²) >= 11 is 0. The van der Waals surface area contributed by atoms with Gasteiger partial charge in [0.15, 0.2) is 0 Å². The van der Waals surface area contributed by atoms with Gasteiger partial charge in [0.1, 0.15) is 5.69 Å². The Morgan fingerprint density at radius 2 is 1.96 bits per heavy atom. The molecule has 24 heavy (non-hydrogen) atoms. The molecule has 1 heterocycles. The SMILES string of the molecule is CNS(=O)(=O)Cc1ccc(-n2[nH]c(C(=O)NC3CC3)cc2=O)cc1. The smallest absolute Gasteiger partial charge is 0.271 e. The number of aromatic amines is 1. The summed E-state index contributed by atoms with van der Waals surface area (Å²) in [5.41, 5.74) is 0.968. The third-order valence-corrected chi connectivity index (χ3v) is 5.08. The summed E-state index contributed by atoms with van der Waals surface area (Å²) in [6, 6.07) is 7.96. The van der Waals surface area contributed by atoms with Crippen molar-refractivity contribution in [1.29, 1.82) is 0 Å². The van der Waals surface area contributed by atoms with Gasteiger partial charge in [-0.2, -0.15) is 0 Å². The number of benzene rings is 1. The molecule has 0 spiro atoms. The summed E-state index contributed by atoms with van der Waals surface area (Å²) in [4.78, 5) is 24.0. The van der Waals surface area contributed by atoms with Gasteiger partial charge in [0.2, 0.25) is 10.0 Å². The van der Waals surface area contributed by atoms with Crippen molar-refractivity contribution < 1.29 is 13.2 Å². The predicted molar refractivity (Wildman–Crippen MR) is 88.6 cm³/mol. The first-order valence-electron chi connectivity index (χ1n) is 7.51. The van der Waals surface area contributed by atoms with Crippen LogP contribution in [-0.4, -0.2) is 37.2 Å². The van der Waals surface area contributed by atoms with Gasteiger partial charge < -0.3 is 5.32 Å². The third-order valence-electron chi connectivity index (χ3n) is 3.74. The van der Waals surface area contributed by atoms with E-state index in [-0.39, 0.29) is 29.0 Å². The van der Waals surface area contributed by atoms with Crippen molar-refractivity contribution in [3.05, 3.63) is 51.9 Å². The molecule has 3 rings (SSSR count). The lowest BCUT2D eigenvalue weighted by molar-refractivity contribution is 0.0945. The maximum Gasteiger partial charge on any atom is 0.271 e. The fourth-order valence-corrected chi connectivity index (χ4v) is 3.00. The van der Waals surface area contributed by atoms with Crippen LogP contribution in [0, 0.1) is 0 Å². The molecule has 0 bridgehead atoms. The average molecular weight is 350 g/mol.